The Balaban J connectivity index is 1.58. The molecule has 0 radical (unpaired) electrons. The summed E-state index contributed by atoms with van der Waals surface area (Å²) in [6.07, 6.45) is 5.05. The zero-order valence-electron chi connectivity index (χ0n) is 16.6. The van der Waals surface area contributed by atoms with E-state index in [1.54, 1.807) is 48.9 Å². The van der Waals surface area contributed by atoms with E-state index in [9.17, 15) is 9.59 Å². The van der Waals surface area contributed by atoms with Crippen LogP contribution in [0.1, 0.15) is 20.8 Å². The van der Waals surface area contributed by atoms with Crippen molar-refractivity contribution < 1.29 is 9.53 Å². The van der Waals surface area contributed by atoms with Crippen LogP contribution in [-0.4, -0.2) is 22.4 Å². The van der Waals surface area contributed by atoms with Crippen molar-refractivity contribution in [2.24, 2.45) is 0 Å². The van der Waals surface area contributed by atoms with E-state index in [0.717, 1.165) is 21.9 Å². The number of aromatic amines is 1. The Morgan fingerprint density at radius 3 is 2.60 bits per heavy atom. The molecule has 0 fully saturated rings. The number of hydrogen-bond donors (Lipinski definition) is 1. The highest BCUT2D eigenvalue weighted by Crippen LogP contribution is 2.26. The van der Waals surface area contributed by atoms with Gasteiger partial charge in [-0.25, -0.2) is 4.79 Å². The van der Waals surface area contributed by atoms with Gasteiger partial charge in [-0.1, -0.05) is 30.3 Å². The minimum absolute atomic E-state index is 0.134. The molecule has 0 saturated carbocycles. The van der Waals surface area contributed by atoms with Crippen molar-refractivity contribution in [3.8, 4) is 22.0 Å². The third kappa shape index (κ3) is 4.18. The summed E-state index contributed by atoms with van der Waals surface area (Å²) in [5, 5.41) is 0. The lowest BCUT2D eigenvalue weighted by Crippen LogP contribution is -2.14. The number of nitrogens with one attached hydrogen (secondary N) is 1. The van der Waals surface area contributed by atoms with Crippen LogP contribution in [0.5, 0.6) is 5.75 Å². The number of benzene rings is 2. The number of H-pyrrole nitrogens is 1. The molecule has 150 valence electrons. The molecule has 6 heteroatoms. The van der Waals surface area contributed by atoms with Crippen molar-refractivity contribution in [2.45, 2.75) is 6.92 Å². The minimum Gasteiger partial charge on any atom is -0.497 e. The predicted octanol–water partition coefficient (Wildman–Crippen LogP) is 5.11. The maximum Gasteiger partial charge on any atom is 0.330 e. The third-order valence-electron chi connectivity index (χ3n) is 4.68. The molecule has 1 N–H and O–H groups in total. The van der Waals surface area contributed by atoms with Crippen molar-refractivity contribution in [1.82, 2.24) is 9.55 Å². The summed E-state index contributed by atoms with van der Waals surface area (Å²) >= 11 is 1.62. The fourth-order valence-electron chi connectivity index (χ4n) is 3.08. The molecule has 30 heavy (non-hydrogen) atoms. The Kier molecular flexibility index (Phi) is 5.50. The molecular weight excluding hydrogens is 396 g/mol. The zero-order chi connectivity index (χ0) is 21.1. The van der Waals surface area contributed by atoms with E-state index >= 15 is 0 Å². The summed E-state index contributed by atoms with van der Waals surface area (Å²) in [6, 6.07) is 18.5. The average Bonchev–Trinajstić information content (AvgIpc) is 3.38. The van der Waals surface area contributed by atoms with Crippen LogP contribution < -0.4 is 10.4 Å². The first-order valence-electron chi connectivity index (χ1n) is 9.39. The second kappa shape index (κ2) is 8.39. The number of carbonyl (C=O) groups is 1. The number of ether oxygens (including phenoxy) is 1. The number of methoxy groups -OCH3 is 1. The van der Waals surface area contributed by atoms with Gasteiger partial charge in [0, 0.05) is 16.6 Å². The Morgan fingerprint density at radius 2 is 1.90 bits per heavy atom. The highest BCUT2D eigenvalue weighted by molar-refractivity contribution is 7.15. The van der Waals surface area contributed by atoms with Gasteiger partial charge in [-0.15, -0.1) is 11.3 Å². The topological polar surface area (TPSA) is 64.1 Å². The molecule has 0 spiro atoms. The molecule has 0 saturated heterocycles. The monoisotopic (exact) mass is 416 g/mol. The number of allylic oxidation sites excluding steroid dienone is 1. The van der Waals surface area contributed by atoms with Crippen LogP contribution >= 0.6 is 11.3 Å². The summed E-state index contributed by atoms with van der Waals surface area (Å²) in [5.74, 6) is 0.630. The molecule has 2 heterocycles. The number of hydrogen-bond acceptors (Lipinski definition) is 4. The van der Waals surface area contributed by atoms with Gasteiger partial charge in [0.15, 0.2) is 5.78 Å². The highest BCUT2D eigenvalue weighted by atomic mass is 32.1. The second-order valence-corrected chi connectivity index (χ2v) is 8.06. The smallest absolute Gasteiger partial charge is 0.330 e. The molecule has 0 unspecified atom stereocenters. The Morgan fingerprint density at radius 1 is 1.10 bits per heavy atom. The predicted molar refractivity (Wildman–Crippen MR) is 121 cm³/mol. The van der Waals surface area contributed by atoms with E-state index in [4.69, 9.17) is 4.74 Å². The Bertz CT molecular complexity index is 1280. The van der Waals surface area contributed by atoms with Gasteiger partial charge >= 0.3 is 5.69 Å². The van der Waals surface area contributed by atoms with E-state index in [1.165, 1.54) is 15.5 Å². The van der Waals surface area contributed by atoms with E-state index in [1.807, 2.05) is 49.4 Å². The normalized spacial score (nSPS) is 11.1. The van der Waals surface area contributed by atoms with Crippen LogP contribution in [0, 0.1) is 6.92 Å². The molecule has 4 aromatic rings. The SMILES string of the molecule is COc1ccc(C=CC(=O)c2cccc(-n3cc(-c4ccc(C)s4)[nH]c3=O)c2)cc1. The number of imidazole rings is 1. The second-order valence-electron chi connectivity index (χ2n) is 6.77. The summed E-state index contributed by atoms with van der Waals surface area (Å²) < 4.78 is 6.66. The number of carbonyl (C=O) groups excluding carboxylic acids is 1. The third-order valence-corrected chi connectivity index (χ3v) is 5.71. The molecular formula is C24H20N2O3S. The lowest BCUT2D eigenvalue weighted by Gasteiger charge is -2.03. The molecule has 0 amide bonds. The van der Waals surface area contributed by atoms with Crippen molar-refractivity contribution in [3.63, 3.8) is 0 Å². The fraction of sp³-hybridized carbons (Fsp3) is 0.0833. The van der Waals surface area contributed by atoms with Gasteiger partial charge in [0.25, 0.3) is 0 Å². The van der Waals surface area contributed by atoms with Gasteiger partial charge in [0.05, 0.1) is 23.4 Å². The molecule has 0 aliphatic rings. The lowest BCUT2D eigenvalue weighted by molar-refractivity contribution is 0.104. The summed E-state index contributed by atoms with van der Waals surface area (Å²) in [7, 11) is 1.61. The summed E-state index contributed by atoms with van der Waals surface area (Å²) in [5.41, 5.74) is 2.57. The number of ketones is 1. The van der Waals surface area contributed by atoms with Crippen molar-refractivity contribution in [3.05, 3.63) is 99.4 Å². The molecule has 5 nitrogen and oxygen atoms in total. The molecule has 0 bridgehead atoms. The fourth-order valence-corrected chi connectivity index (χ4v) is 3.92. The van der Waals surface area contributed by atoms with E-state index in [-0.39, 0.29) is 11.5 Å². The highest BCUT2D eigenvalue weighted by Gasteiger charge is 2.10. The molecule has 4 rings (SSSR count). The number of rotatable bonds is 6. The van der Waals surface area contributed by atoms with Gasteiger partial charge in [-0.2, -0.15) is 0 Å². The number of aromatic nitrogens is 2. The Labute approximate surface area is 177 Å². The molecule has 0 aliphatic heterocycles. The lowest BCUT2D eigenvalue weighted by atomic mass is 10.1. The van der Waals surface area contributed by atoms with E-state index in [2.05, 4.69) is 4.98 Å². The maximum absolute atomic E-state index is 12.6. The number of nitrogens with zero attached hydrogens (tertiary/aromatic N) is 1. The summed E-state index contributed by atoms with van der Waals surface area (Å²) in [6.45, 7) is 2.03. The maximum atomic E-state index is 12.6. The number of thiophene rings is 1. The first-order valence-corrected chi connectivity index (χ1v) is 10.2. The van der Waals surface area contributed by atoms with Gasteiger partial charge in [-0.3, -0.25) is 9.36 Å². The van der Waals surface area contributed by atoms with E-state index < -0.39 is 0 Å². The quantitative estimate of drug-likeness (QED) is 0.351. The van der Waals surface area contributed by atoms with E-state index in [0.29, 0.717) is 11.3 Å². The van der Waals surface area contributed by atoms with Crippen LogP contribution in [-0.2, 0) is 0 Å². The van der Waals surface area contributed by atoms with Crippen LogP contribution in [0.4, 0.5) is 0 Å². The minimum atomic E-state index is -0.241. The number of aryl methyl sites for hydroxylation is 1. The van der Waals surface area contributed by atoms with Gasteiger partial charge in [-0.05, 0) is 55.0 Å². The standard InChI is InChI=1S/C24H20N2O3S/c1-16-6-13-23(30-16)21-15-26(24(28)25-21)19-5-3-4-18(14-19)22(27)12-9-17-7-10-20(29-2)11-8-17/h3-15H,1-2H3,(H,25,28). The molecule has 0 aliphatic carbocycles. The zero-order valence-corrected chi connectivity index (χ0v) is 17.4. The first kappa shape index (κ1) is 19.7. The average molecular weight is 417 g/mol. The van der Waals surface area contributed by atoms with Crippen LogP contribution in [0.2, 0.25) is 0 Å². The van der Waals surface area contributed by atoms with Gasteiger partial charge < -0.3 is 9.72 Å². The van der Waals surface area contributed by atoms with Crippen molar-refractivity contribution in [1.29, 1.82) is 0 Å². The Hall–Kier alpha value is -3.64. The summed E-state index contributed by atoms with van der Waals surface area (Å²) in [4.78, 5) is 30.2. The van der Waals surface area contributed by atoms with Crippen LogP contribution in [0.15, 0.2) is 77.7 Å². The van der Waals surface area contributed by atoms with Crippen molar-refractivity contribution in [2.75, 3.05) is 7.11 Å². The van der Waals surface area contributed by atoms with Gasteiger partial charge in [0.2, 0.25) is 0 Å². The van der Waals surface area contributed by atoms with Crippen LogP contribution in [0.3, 0.4) is 0 Å². The molecule has 2 aromatic heterocycles. The van der Waals surface area contributed by atoms with Gasteiger partial charge in [0.1, 0.15) is 5.75 Å². The first-order chi connectivity index (χ1) is 14.5. The molecule has 0 atom stereocenters. The van der Waals surface area contributed by atoms with Crippen LogP contribution in [0.25, 0.3) is 22.3 Å². The van der Waals surface area contributed by atoms with Crippen molar-refractivity contribution >= 4 is 23.2 Å². The molecule has 2 aromatic carbocycles. The largest absolute Gasteiger partial charge is 0.497 e.